The summed E-state index contributed by atoms with van der Waals surface area (Å²) in [5.74, 6) is 0.150. The molecule has 0 radical (unpaired) electrons. The first-order valence-corrected chi connectivity index (χ1v) is 4.59. The summed E-state index contributed by atoms with van der Waals surface area (Å²) >= 11 is 0. The van der Waals surface area contributed by atoms with Crippen molar-refractivity contribution in [2.45, 2.75) is 46.6 Å². The maximum Gasteiger partial charge on any atom is 0.186 e. The number of rotatable bonds is 3. The highest BCUT2D eigenvalue weighted by Gasteiger charge is 2.21. The zero-order valence-corrected chi connectivity index (χ0v) is 9.31. The summed E-state index contributed by atoms with van der Waals surface area (Å²) in [4.78, 5) is 4.22. The van der Waals surface area contributed by atoms with Crippen molar-refractivity contribution >= 4 is 5.96 Å². The predicted molar refractivity (Wildman–Crippen MR) is 58.6 cm³/mol. The molecule has 0 unspecified atom stereocenters. The van der Waals surface area contributed by atoms with Gasteiger partial charge in [-0.25, -0.2) is 4.99 Å². The molecule has 0 atom stereocenters. The lowest BCUT2D eigenvalue weighted by molar-refractivity contribution is 0.585. The fraction of sp³-hybridized carbons (Fsp3) is 0.700. The van der Waals surface area contributed by atoms with E-state index in [1.807, 2.05) is 13.8 Å². The topological polar surface area (TPSA) is 64.4 Å². The highest BCUT2D eigenvalue weighted by molar-refractivity contribution is 5.76. The number of hydrogen-bond donors (Lipinski definition) is 2. The third-order valence-electron chi connectivity index (χ3n) is 2.10. The Morgan fingerprint density at radius 3 is 1.92 bits per heavy atom. The quantitative estimate of drug-likeness (QED) is 0.398. The molecule has 0 aliphatic heterocycles. The fourth-order valence-corrected chi connectivity index (χ4v) is 1.79. The molecule has 0 aromatic heterocycles. The number of hydrogen-bond acceptors (Lipinski definition) is 1. The van der Waals surface area contributed by atoms with Gasteiger partial charge < -0.3 is 11.5 Å². The lowest BCUT2D eigenvalue weighted by atomic mass is 9.89. The van der Waals surface area contributed by atoms with Crippen molar-refractivity contribution in [2.24, 2.45) is 16.5 Å². The van der Waals surface area contributed by atoms with Crippen LogP contribution in [0.15, 0.2) is 16.1 Å². The number of aliphatic imine (C=N–C) groups is 1. The summed E-state index contributed by atoms with van der Waals surface area (Å²) in [5.41, 5.74) is 13.1. The van der Waals surface area contributed by atoms with Crippen molar-refractivity contribution in [1.29, 1.82) is 0 Å². The predicted octanol–water partition coefficient (Wildman–Crippen LogP) is 1.78. The van der Waals surface area contributed by atoms with Crippen molar-refractivity contribution in [3.05, 3.63) is 11.1 Å². The molecule has 0 bridgehead atoms. The van der Waals surface area contributed by atoms with Crippen LogP contribution in [0, 0.1) is 0 Å². The van der Waals surface area contributed by atoms with E-state index in [0.717, 1.165) is 6.42 Å². The second-order valence-electron chi connectivity index (χ2n) is 3.93. The van der Waals surface area contributed by atoms with E-state index in [4.69, 9.17) is 11.5 Å². The van der Waals surface area contributed by atoms with Gasteiger partial charge in [0.25, 0.3) is 0 Å². The Hall–Kier alpha value is -0.990. The van der Waals surface area contributed by atoms with Gasteiger partial charge in [-0.15, -0.1) is 0 Å². The van der Waals surface area contributed by atoms with E-state index < -0.39 is 0 Å². The van der Waals surface area contributed by atoms with E-state index in [1.165, 1.54) is 11.1 Å². The van der Waals surface area contributed by atoms with Gasteiger partial charge in [0.05, 0.1) is 5.54 Å². The molecule has 0 rings (SSSR count). The van der Waals surface area contributed by atoms with Crippen LogP contribution in [0.2, 0.25) is 0 Å². The Labute approximate surface area is 80.9 Å². The highest BCUT2D eigenvalue weighted by Crippen LogP contribution is 2.26. The summed E-state index contributed by atoms with van der Waals surface area (Å²) in [6.07, 6.45) is 0.978. The van der Waals surface area contributed by atoms with Crippen molar-refractivity contribution in [3.63, 3.8) is 0 Å². The third kappa shape index (κ3) is 3.49. The standard InChI is InChI=1S/C10H21N3/c1-6-8(7(2)3)10(4,5)13-9(11)12/h6H2,1-5H3,(H4,11,12,13). The molecule has 0 spiro atoms. The normalized spacial score (nSPS) is 10.8. The molecule has 4 N–H and O–H groups in total. The molecule has 76 valence electrons. The molecule has 0 amide bonds. The van der Waals surface area contributed by atoms with Crippen LogP contribution >= 0.6 is 0 Å². The Balaban J connectivity index is 5.02. The van der Waals surface area contributed by atoms with Crippen LogP contribution < -0.4 is 11.5 Å². The van der Waals surface area contributed by atoms with E-state index in [-0.39, 0.29) is 11.5 Å². The first-order valence-electron chi connectivity index (χ1n) is 4.59. The van der Waals surface area contributed by atoms with E-state index in [0.29, 0.717) is 0 Å². The Morgan fingerprint density at radius 1 is 1.23 bits per heavy atom. The average Bonchev–Trinajstić information content (AvgIpc) is 1.82. The average molecular weight is 183 g/mol. The Morgan fingerprint density at radius 2 is 1.69 bits per heavy atom. The monoisotopic (exact) mass is 183 g/mol. The number of allylic oxidation sites excluding steroid dienone is 1. The van der Waals surface area contributed by atoms with Gasteiger partial charge in [-0.2, -0.15) is 0 Å². The lowest BCUT2D eigenvalue weighted by Crippen LogP contribution is -2.31. The maximum absolute atomic E-state index is 5.38. The van der Waals surface area contributed by atoms with Crippen LogP contribution in [0.1, 0.15) is 41.0 Å². The van der Waals surface area contributed by atoms with Gasteiger partial charge in [0.15, 0.2) is 5.96 Å². The van der Waals surface area contributed by atoms with Crippen molar-refractivity contribution in [2.75, 3.05) is 0 Å². The molecule has 0 aromatic carbocycles. The van der Waals surface area contributed by atoms with E-state index in [9.17, 15) is 0 Å². The zero-order valence-electron chi connectivity index (χ0n) is 9.31. The SMILES string of the molecule is CCC(=C(C)C)C(C)(C)N=C(N)N. The third-order valence-corrected chi connectivity index (χ3v) is 2.10. The molecule has 0 aliphatic carbocycles. The van der Waals surface area contributed by atoms with E-state index in [2.05, 4.69) is 25.8 Å². The number of guanidine groups is 1. The van der Waals surface area contributed by atoms with E-state index >= 15 is 0 Å². The van der Waals surface area contributed by atoms with Crippen LogP contribution in [0.4, 0.5) is 0 Å². The second-order valence-corrected chi connectivity index (χ2v) is 3.93. The Kier molecular flexibility index (Phi) is 3.98. The summed E-state index contributed by atoms with van der Waals surface area (Å²) < 4.78 is 0. The van der Waals surface area contributed by atoms with Crippen LogP contribution in [0.3, 0.4) is 0 Å². The van der Waals surface area contributed by atoms with Crippen molar-refractivity contribution in [1.82, 2.24) is 0 Å². The molecule has 3 nitrogen and oxygen atoms in total. The highest BCUT2D eigenvalue weighted by atomic mass is 15.0. The van der Waals surface area contributed by atoms with E-state index in [1.54, 1.807) is 0 Å². The van der Waals surface area contributed by atoms with Gasteiger partial charge in [0, 0.05) is 0 Å². The number of nitrogens with zero attached hydrogens (tertiary/aromatic N) is 1. The molecule has 0 fully saturated rings. The molecular weight excluding hydrogens is 162 g/mol. The first kappa shape index (κ1) is 12.0. The summed E-state index contributed by atoms with van der Waals surface area (Å²) in [6, 6.07) is 0. The van der Waals surface area contributed by atoms with Gasteiger partial charge in [0.2, 0.25) is 0 Å². The minimum atomic E-state index is -0.271. The maximum atomic E-state index is 5.38. The summed E-state index contributed by atoms with van der Waals surface area (Å²) in [5, 5.41) is 0. The van der Waals surface area contributed by atoms with Crippen LogP contribution in [0.5, 0.6) is 0 Å². The Bertz CT molecular complexity index is 229. The molecule has 0 aromatic rings. The fourth-order valence-electron chi connectivity index (χ4n) is 1.79. The lowest BCUT2D eigenvalue weighted by Gasteiger charge is -2.24. The van der Waals surface area contributed by atoms with Gasteiger partial charge in [0.1, 0.15) is 0 Å². The first-order chi connectivity index (χ1) is 5.81. The van der Waals surface area contributed by atoms with Gasteiger partial charge in [-0.05, 0) is 39.7 Å². The smallest absolute Gasteiger partial charge is 0.186 e. The van der Waals surface area contributed by atoms with Crippen molar-refractivity contribution in [3.8, 4) is 0 Å². The number of nitrogens with two attached hydrogens (primary N) is 2. The van der Waals surface area contributed by atoms with Crippen molar-refractivity contribution < 1.29 is 0 Å². The second kappa shape index (κ2) is 4.30. The molecular formula is C10H21N3. The summed E-state index contributed by atoms with van der Waals surface area (Å²) in [6.45, 7) is 10.3. The molecule has 13 heavy (non-hydrogen) atoms. The van der Waals surface area contributed by atoms with Crippen LogP contribution in [-0.4, -0.2) is 11.5 Å². The molecule has 0 saturated carbocycles. The molecule has 0 saturated heterocycles. The zero-order chi connectivity index (χ0) is 10.6. The van der Waals surface area contributed by atoms with Gasteiger partial charge in [-0.3, -0.25) is 0 Å². The summed E-state index contributed by atoms with van der Waals surface area (Å²) in [7, 11) is 0. The van der Waals surface area contributed by atoms with Crippen LogP contribution in [0.25, 0.3) is 0 Å². The van der Waals surface area contributed by atoms with Gasteiger partial charge in [-0.1, -0.05) is 12.5 Å². The molecule has 0 heterocycles. The molecule has 3 heteroatoms. The minimum absolute atomic E-state index is 0.150. The largest absolute Gasteiger partial charge is 0.370 e. The molecule has 0 aliphatic rings. The minimum Gasteiger partial charge on any atom is -0.370 e. The van der Waals surface area contributed by atoms with Gasteiger partial charge >= 0.3 is 0 Å². The van der Waals surface area contributed by atoms with Crippen LogP contribution in [-0.2, 0) is 0 Å².